The zero-order valence-corrected chi connectivity index (χ0v) is 11.0. The van der Waals surface area contributed by atoms with Crippen molar-refractivity contribution in [2.45, 2.75) is 24.1 Å². The predicted molar refractivity (Wildman–Crippen MR) is 72.5 cm³/mol. The largest absolute Gasteiger partial charge is 0.207 e. The fraction of sp³-hybridized carbons (Fsp3) is 0.250. The van der Waals surface area contributed by atoms with Crippen LogP contribution in [0.1, 0.15) is 40.8 Å². The summed E-state index contributed by atoms with van der Waals surface area (Å²) in [4.78, 5) is 0. The molecule has 0 spiro atoms. The minimum atomic E-state index is -0.260. The van der Waals surface area contributed by atoms with Crippen LogP contribution in [-0.4, -0.2) is 0 Å². The van der Waals surface area contributed by atoms with Crippen molar-refractivity contribution >= 4 is 11.6 Å². The van der Waals surface area contributed by atoms with Crippen LogP contribution >= 0.6 is 11.6 Å². The van der Waals surface area contributed by atoms with Crippen LogP contribution in [0.3, 0.4) is 0 Å². The first-order valence-electron chi connectivity index (χ1n) is 6.34. The van der Waals surface area contributed by atoms with Gasteiger partial charge in [0.1, 0.15) is 11.6 Å². The molecular weight excluding hydrogens is 266 g/mol. The summed E-state index contributed by atoms with van der Waals surface area (Å²) in [6.07, 6.45) is 1.71. The Hall–Kier alpha value is -1.41. The lowest BCUT2D eigenvalue weighted by Gasteiger charge is -2.29. The number of hydrogen-bond donors (Lipinski definition) is 0. The standard InChI is InChI=1S/C16H13ClF2/c17-16-8-7-13(10-1-3-11(18)4-2-10)14-6-5-12(19)9-15(14)16/h1-6,9,13,16H,7-8H2/t13-,16+/m0/s1. The van der Waals surface area contributed by atoms with Crippen LogP contribution in [0.4, 0.5) is 8.78 Å². The summed E-state index contributed by atoms with van der Waals surface area (Å²) in [6, 6.07) is 11.3. The molecule has 3 rings (SSSR count). The van der Waals surface area contributed by atoms with E-state index in [2.05, 4.69) is 0 Å². The molecule has 0 aromatic heterocycles. The molecular formula is C16H13ClF2. The highest BCUT2D eigenvalue weighted by Gasteiger charge is 2.27. The van der Waals surface area contributed by atoms with Gasteiger partial charge in [-0.1, -0.05) is 18.2 Å². The summed E-state index contributed by atoms with van der Waals surface area (Å²) in [5, 5.41) is -0.137. The van der Waals surface area contributed by atoms with Crippen LogP contribution in [0, 0.1) is 11.6 Å². The lowest BCUT2D eigenvalue weighted by Crippen LogP contribution is -2.13. The van der Waals surface area contributed by atoms with E-state index in [4.69, 9.17) is 11.6 Å². The lowest BCUT2D eigenvalue weighted by atomic mass is 9.79. The molecule has 19 heavy (non-hydrogen) atoms. The molecule has 0 bridgehead atoms. The number of benzene rings is 2. The van der Waals surface area contributed by atoms with Gasteiger partial charge in [0.2, 0.25) is 0 Å². The van der Waals surface area contributed by atoms with Crippen LogP contribution in [0.25, 0.3) is 0 Å². The van der Waals surface area contributed by atoms with Crippen molar-refractivity contribution in [3.8, 4) is 0 Å². The van der Waals surface area contributed by atoms with Crippen molar-refractivity contribution in [2.24, 2.45) is 0 Å². The van der Waals surface area contributed by atoms with Crippen LogP contribution in [0.15, 0.2) is 42.5 Å². The van der Waals surface area contributed by atoms with Crippen molar-refractivity contribution in [2.75, 3.05) is 0 Å². The fourth-order valence-corrected chi connectivity index (χ4v) is 3.11. The van der Waals surface area contributed by atoms with Gasteiger partial charge < -0.3 is 0 Å². The lowest BCUT2D eigenvalue weighted by molar-refractivity contribution is 0.581. The molecule has 2 aromatic rings. The zero-order chi connectivity index (χ0) is 13.4. The van der Waals surface area contributed by atoms with Crippen molar-refractivity contribution in [3.63, 3.8) is 0 Å². The van der Waals surface area contributed by atoms with Gasteiger partial charge in [0.25, 0.3) is 0 Å². The zero-order valence-electron chi connectivity index (χ0n) is 10.2. The number of fused-ring (bicyclic) bond motifs is 1. The maximum absolute atomic E-state index is 13.3. The number of rotatable bonds is 1. The third-order valence-corrected chi connectivity index (χ3v) is 4.20. The topological polar surface area (TPSA) is 0 Å². The summed E-state index contributed by atoms with van der Waals surface area (Å²) in [6.45, 7) is 0. The highest BCUT2D eigenvalue weighted by atomic mass is 35.5. The van der Waals surface area contributed by atoms with Gasteiger partial charge in [-0.3, -0.25) is 0 Å². The predicted octanol–water partition coefficient (Wildman–Crippen LogP) is 5.17. The summed E-state index contributed by atoms with van der Waals surface area (Å²) in [5.41, 5.74) is 2.97. The number of hydrogen-bond acceptors (Lipinski definition) is 0. The van der Waals surface area contributed by atoms with E-state index < -0.39 is 0 Å². The first-order chi connectivity index (χ1) is 9.15. The molecule has 0 saturated carbocycles. The SMILES string of the molecule is Fc1ccc([C@@H]2CC[C@@H](Cl)c3cc(F)ccc32)cc1. The van der Waals surface area contributed by atoms with E-state index in [9.17, 15) is 8.78 Å². The van der Waals surface area contributed by atoms with Gasteiger partial charge >= 0.3 is 0 Å². The van der Waals surface area contributed by atoms with Gasteiger partial charge in [0.15, 0.2) is 0 Å². The molecule has 0 unspecified atom stereocenters. The van der Waals surface area contributed by atoms with Crippen molar-refractivity contribution in [1.29, 1.82) is 0 Å². The molecule has 0 aliphatic heterocycles. The Morgan fingerprint density at radius 3 is 2.26 bits per heavy atom. The Labute approximate surface area is 116 Å². The molecule has 0 radical (unpaired) electrons. The minimum absolute atomic E-state index is 0.137. The molecule has 1 aliphatic rings. The highest BCUT2D eigenvalue weighted by Crippen LogP contribution is 2.44. The van der Waals surface area contributed by atoms with Crippen molar-refractivity contribution in [1.82, 2.24) is 0 Å². The number of halogens is 3. The van der Waals surface area contributed by atoms with E-state index in [1.54, 1.807) is 18.2 Å². The Morgan fingerprint density at radius 2 is 1.53 bits per heavy atom. The molecule has 3 heteroatoms. The van der Waals surface area contributed by atoms with Crippen LogP contribution in [-0.2, 0) is 0 Å². The van der Waals surface area contributed by atoms with Crippen LogP contribution in [0.2, 0.25) is 0 Å². The molecule has 2 aromatic carbocycles. The molecule has 1 aliphatic carbocycles. The second kappa shape index (κ2) is 4.93. The van der Waals surface area contributed by atoms with E-state index in [1.807, 2.05) is 0 Å². The molecule has 2 atom stereocenters. The molecule has 98 valence electrons. The van der Waals surface area contributed by atoms with Gasteiger partial charge in [-0.15, -0.1) is 11.6 Å². The molecule has 0 amide bonds. The summed E-state index contributed by atoms with van der Waals surface area (Å²) in [7, 11) is 0. The average molecular weight is 279 g/mol. The molecule has 0 saturated heterocycles. The van der Waals surface area contributed by atoms with E-state index in [0.717, 1.165) is 29.5 Å². The van der Waals surface area contributed by atoms with Crippen LogP contribution < -0.4 is 0 Å². The monoisotopic (exact) mass is 278 g/mol. The minimum Gasteiger partial charge on any atom is -0.207 e. The Morgan fingerprint density at radius 1 is 0.842 bits per heavy atom. The molecule has 0 nitrogen and oxygen atoms in total. The normalized spacial score (nSPS) is 22.1. The van der Waals surface area contributed by atoms with E-state index >= 15 is 0 Å². The first kappa shape index (κ1) is 12.6. The highest BCUT2D eigenvalue weighted by molar-refractivity contribution is 6.21. The molecule has 0 fully saturated rings. The Balaban J connectivity index is 2.06. The maximum atomic E-state index is 13.3. The van der Waals surface area contributed by atoms with E-state index in [-0.39, 0.29) is 22.9 Å². The number of alkyl halides is 1. The van der Waals surface area contributed by atoms with Gasteiger partial charge in [-0.25, -0.2) is 8.78 Å². The van der Waals surface area contributed by atoms with E-state index in [0.29, 0.717) is 0 Å². The van der Waals surface area contributed by atoms with Gasteiger partial charge in [-0.05, 0) is 53.8 Å². The Bertz CT molecular complexity index is 592. The van der Waals surface area contributed by atoms with Crippen molar-refractivity contribution < 1.29 is 8.78 Å². The first-order valence-corrected chi connectivity index (χ1v) is 6.77. The second-order valence-electron chi connectivity index (χ2n) is 4.92. The molecule has 0 heterocycles. The van der Waals surface area contributed by atoms with Gasteiger partial charge in [0.05, 0.1) is 5.38 Å². The van der Waals surface area contributed by atoms with Gasteiger partial charge in [0, 0.05) is 5.92 Å². The average Bonchev–Trinajstić information content (AvgIpc) is 2.41. The van der Waals surface area contributed by atoms with Crippen molar-refractivity contribution in [3.05, 3.63) is 70.8 Å². The summed E-state index contributed by atoms with van der Waals surface area (Å²) in [5.74, 6) is -0.329. The third-order valence-electron chi connectivity index (χ3n) is 3.74. The maximum Gasteiger partial charge on any atom is 0.123 e. The summed E-state index contributed by atoms with van der Waals surface area (Å²) >= 11 is 6.27. The smallest absolute Gasteiger partial charge is 0.123 e. The van der Waals surface area contributed by atoms with Crippen LogP contribution in [0.5, 0.6) is 0 Å². The summed E-state index contributed by atoms with van der Waals surface area (Å²) < 4.78 is 26.3. The molecule has 0 N–H and O–H groups in total. The fourth-order valence-electron chi connectivity index (χ4n) is 2.80. The van der Waals surface area contributed by atoms with Gasteiger partial charge in [-0.2, -0.15) is 0 Å². The Kier molecular flexibility index (Phi) is 3.28. The third kappa shape index (κ3) is 2.37. The second-order valence-corrected chi connectivity index (χ2v) is 5.45. The van der Waals surface area contributed by atoms with E-state index in [1.165, 1.54) is 24.3 Å². The quantitative estimate of drug-likeness (QED) is 0.631.